The van der Waals surface area contributed by atoms with Gasteiger partial charge in [0.1, 0.15) is 12.8 Å². The number of benzene rings is 1. The molecule has 4 aromatic rings. The first-order valence-corrected chi connectivity index (χ1v) is 21.4. The first kappa shape index (κ1) is 47.7. The number of allylic oxidation sites excluding steroid dienone is 1. The van der Waals surface area contributed by atoms with Gasteiger partial charge in [0.05, 0.1) is 35.8 Å². The summed E-state index contributed by atoms with van der Waals surface area (Å²) in [5.74, 6) is 0.737. The number of nitrogens with one attached hydrogen (secondary N) is 1. The third-order valence-corrected chi connectivity index (χ3v) is 11.5. The van der Waals surface area contributed by atoms with Crippen LogP contribution in [0.15, 0.2) is 82.5 Å². The second kappa shape index (κ2) is 22.2. The summed E-state index contributed by atoms with van der Waals surface area (Å²) in [7, 11) is 0. The lowest BCUT2D eigenvalue weighted by atomic mass is 9.92. The minimum atomic E-state index is -0.443. The number of amides is 1. The van der Waals surface area contributed by atoms with Gasteiger partial charge in [0.15, 0.2) is 23.0 Å². The van der Waals surface area contributed by atoms with Crippen molar-refractivity contribution in [3.05, 3.63) is 128 Å². The molecule has 5 unspecified atom stereocenters. The minimum absolute atomic E-state index is 0.0454. The third kappa shape index (κ3) is 11.2. The van der Waals surface area contributed by atoms with Crippen molar-refractivity contribution >= 4 is 52.6 Å². The first-order valence-electron chi connectivity index (χ1n) is 20.5. The van der Waals surface area contributed by atoms with Gasteiger partial charge in [-0.05, 0) is 70.2 Å². The Morgan fingerprint density at radius 2 is 1.79 bits per heavy atom. The summed E-state index contributed by atoms with van der Waals surface area (Å²) < 4.78 is 13.4. The number of nitrogens with zero attached hydrogens (tertiary/aromatic N) is 5. The first-order chi connectivity index (χ1) is 29.7. The zero-order chi connectivity index (χ0) is 45.1. The van der Waals surface area contributed by atoms with E-state index in [1.807, 2.05) is 43.3 Å². The number of carbonyl (C=O) groups is 2. The summed E-state index contributed by atoms with van der Waals surface area (Å²) in [4.78, 5) is 57.6. The van der Waals surface area contributed by atoms with E-state index in [2.05, 4.69) is 33.2 Å². The summed E-state index contributed by atoms with van der Waals surface area (Å²) in [6.07, 6.45) is 7.48. The molecule has 0 spiro atoms. The third-order valence-electron chi connectivity index (χ3n) is 11.0. The van der Waals surface area contributed by atoms with Crippen LogP contribution in [-0.4, -0.2) is 95.0 Å². The molecule has 0 bridgehead atoms. The van der Waals surface area contributed by atoms with Crippen LogP contribution >= 0.6 is 23.2 Å². The molecule has 332 valence electrons. The molecule has 0 radical (unpaired) electrons. The largest absolute Gasteiger partial charge is 0.504 e. The Balaban J connectivity index is 0.000000163. The van der Waals surface area contributed by atoms with Gasteiger partial charge in [-0.1, -0.05) is 61.2 Å². The number of aryl methyl sites for hydroxylation is 2. The lowest BCUT2D eigenvalue weighted by Gasteiger charge is -2.47. The molecule has 0 aliphatic carbocycles. The van der Waals surface area contributed by atoms with Crippen LogP contribution in [-0.2, 0) is 33.9 Å². The summed E-state index contributed by atoms with van der Waals surface area (Å²) in [6, 6.07) is 13.5. The average Bonchev–Trinajstić information content (AvgIpc) is 3.70. The highest BCUT2D eigenvalue weighted by Gasteiger charge is 2.43. The number of hydrogen-bond donors (Lipinski definition) is 4. The molecule has 4 N–H and O–H groups in total. The molecule has 0 saturated carbocycles. The molecule has 15 nitrogen and oxygen atoms in total. The summed E-state index contributed by atoms with van der Waals surface area (Å²) in [5, 5.41) is 32.0. The fraction of sp³-hybridized carbons (Fsp3) is 0.422. The van der Waals surface area contributed by atoms with E-state index in [-0.39, 0.29) is 59.4 Å². The number of carbonyl (C=O) groups excluding carboxylic acids is 2. The normalized spacial score (nSPS) is 21.3. The molecule has 17 heteroatoms. The standard InChI is InChI=1S/C18H16N2O2.C11H14N2O3.C10H17ClN2O2.C6H7ClO2/c1-3-15-13(2)19-17-16(10-7-11-20(17)18(15)21)22-12-14-8-5-4-6-9-14;1-7-8(4-6-14)11(16)13-5-2-3-9(15)10(13)12-7;1-6-7(5-11)10(15)13-4-2-3-8(14)9(13)12-6;1-4(7)5-2-3-9-6(5)8/h3-11H,1,12H2,2H3;3,14-15H,2,4-6H2,1H3;6-9,12,14H,2-5H2,1H3;5H,1-3H2. The maximum atomic E-state index is 12.4. The number of piperidine rings is 1. The van der Waals surface area contributed by atoms with Gasteiger partial charge >= 0.3 is 5.97 Å². The predicted octanol–water partition coefficient (Wildman–Crippen LogP) is 5.06. The summed E-state index contributed by atoms with van der Waals surface area (Å²) in [6.45, 7) is 14.7. The molecular formula is C45H54Cl2N6O9. The summed E-state index contributed by atoms with van der Waals surface area (Å²) >= 11 is 11.3. The van der Waals surface area contributed by atoms with E-state index in [1.165, 1.54) is 15.0 Å². The fourth-order valence-electron chi connectivity index (χ4n) is 7.48. The molecule has 7 heterocycles. The quantitative estimate of drug-likeness (QED) is 0.136. The van der Waals surface area contributed by atoms with Crippen molar-refractivity contribution < 1.29 is 34.4 Å². The molecular weight excluding hydrogens is 839 g/mol. The molecule has 8 rings (SSSR count). The van der Waals surface area contributed by atoms with Crippen LogP contribution < -0.4 is 21.2 Å². The van der Waals surface area contributed by atoms with Crippen LogP contribution in [0.1, 0.15) is 66.5 Å². The number of aliphatic hydroxyl groups excluding tert-OH is 3. The highest BCUT2D eigenvalue weighted by atomic mass is 35.5. The Hall–Kier alpha value is -5.32. The van der Waals surface area contributed by atoms with Crippen molar-refractivity contribution in [1.82, 2.24) is 29.2 Å². The van der Waals surface area contributed by atoms with Gasteiger partial charge in [-0.25, -0.2) is 9.97 Å². The maximum absolute atomic E-state index is 12.4. The Bertz CT molecular complexity index is 2400. The number of fused-ring (bicyclic) bond motifs is 3. The highest BCUT2D eigenvalue weighted by Crippen LogP contribution is 2.26. The van der Waals surface area contributed by atoms with Gasteiger partial charge in [0, 0.05) is 60.5 Å². The van der Waals surface area contributed by atoms with Gasteiger partial charge in [0.25, 0.3) is 11.1 Å². The zero-order valence-corrected chi connectivity index (χ0v) is 36.6. The molecule has 4 aliphatic rings. The number of rotatable bonds is 8. The molecule has 3 aromatic heterocycles. The maximum Gasteiger partial charge on any atom is 0.314 e. The number of ether oxygens (including phenoxy) is 2. The SMILES string of the molecule is C=C(Cl)C1CCOC1=O.C=Cc1c(C)nc2c(OCc3ccccc3)cccn2c1=O.CC1NC2C(O)CCCN2C(=O)C1CCl.Cc1nc2n(c(=O)c1CCO)CCC=C2O. The molecule has 62 heavy (non-hydrogen) atoms. The fourth-order valence-corrected chi connectivity index (χ4v) is 8.08. The minimum Gasteiger partial charge on any atom is -0.504 e. The lowest BCUT2D eigenvalue weighted by molar-refractivity contribution is -0.151. The van der Waals surface area contributed by atoms with E-state index >= 15 is 0 Å². The Kier molecular flexibility index (Phi) is 17.1. The zero-order valence-electron chi connectivity index (χ0n) is 35.1. The van der Waals surface area contributed by atoms with Gasteiger partial charge in [0.2, 0.25) is 5.91 Å². The predicted molar refractivity (Wildman–Crippen MR) is 238 cm³/mol. The van der Waals surface area contributed by atoms with Crippen molar-refractivity contribution in [2.24, 2.45) is 11.8 Å². The number of hydrogen-bond acceptors (Lipinski definition) is 12. The van der Waals surface area contributed by atoms with E-state index in [0.717, 1.165) is 24.9 Å². The number of cyclic esters (lactones) is 1. The number of aliphatic hydroxyl groups is 3. The summed E-state index contributed by atoms with van der Waals surface area (Å²) in [5.41, 5.74) is 3.55. The molecule has 3 saturated heterocycles. The van der Waals surface area contributed by atoms with Crippen LogP contribution in [0.4, 0.5) is 0 Å². The van der Waals surface area contributed by atoms with Crippen molar-refractivity contribution in [1.29, 1.82) is 0 Å². The van der Waals surface area contributed by atoms with E-state index in [4.69, 9.17) is 33.0 Å². The van der Waals surface area contributed by atoms with Crippen LogP contribution in [0, 0.1) is 25.7 Å². The molecule has 5 atom stereocenters. The lowest BCUT2D eigenvalue weighted by Crippen LogP contribution is -2.68. The van der Waals surface area contributed by atoms with E-state index in [0.29, 0.717) is 89.7 Å². The highest BCUT2D eigenvalue weighted by molar-refractivity contribution is 6.30. The Labute approximate surface area is 369 Å². The number of aromatic nitrogens is 4. The Morgan fingerprint density at radius 3 is 2.42 bits per heavy atom. The van der Waals surface area contributed by atoms with Gasteiger partial charge in [-0.2, -0.15) is 0 Å². The van der Waals surface area contributed by atoms with E-state index in [9.17, 15) is 29.4 Å². The molecule has 1 aromatic carbocycles. The van der Waals surface area contributed by atoms with Crippen LogP contribution in [0.5, 0.6) is 5.75 Å². The number of esters is 1. The second-order valence-electron chi connectivity index (χ2n) is 15.1. The van der Waals surface area contributed by atoms with Gasteiger partial charge in [-0.15, -0.1) is 11.6 Å². The number of pyridine rings is 1. The molecule has 1 amide bonds. The monoisotopic (exact) mass is 892 g/mol. The number of halogens is 2. The topological polar surface area (TPSA) is 198 Å². The van der Waals surface area contributed by atoms with Crippen molar-refractivity contribution in [3.8, 4) is 5.75 Å². The van der Waals surface area contributed by atoms with Crippen LogP contribution in [0.3, 0.4) is 0 Å². The van der Waals surface area contributed by atoms with Crippen LogP contribution in [0.2, 0.25) is 0 Å². The second-order valence-corrected chi connectivity index (χ2v) is 15.9. The molecule has 4 aliphatic heterocycles. The number of alkyl halides is 1. The van der Waals surface area contributed by atoms with E-state index < -0.39 is 6.10 Å². The van der Waals surface area contributed by atoms with E-state index in [1.54, 1.807) is 37.1 Å². The van der Waals surface area contributed by atoms with Gasteiger partial charge in [-0.3, -0.25) is 33.5 Å². The van der Waals surface area contributed by atoms with Gasteiger partial charge < -0.3 is 29.7 Å². The smallest absolute Gasteiger partial charge is 0.314 e. The van der Waals surface area contributed by atoms with Crippen molar-refractivity contribution in [2.75, 3.05) is 25.6 Å². The Morgan fingerprint density at radius 1 is 1.05 bits per heavy atom. The van der Waals surface area contributed by atoms with Crippen molar-refractivity contribution in [2.45, 2.75) is 84.3 Å². The van der Waals surface area contributed by atoms with Crippen molar-refractivity contribution in [3.63, 3.8) is 0 Å². The van der Waals surface area contributed by atoms with Crippen LogP contribution in [0.25, 0.3) is 17.5 Å². The average molecular weight is 894 g/mol. The molecule has 3 fully saturated rings.